The Morgan fingerprint density at radius 2 is 1.83 bits per heavy atom. The minimum atomic E-state index is -3.12. The third kappa shape index (κ3) is 4.36. The van der Waals surface area contributed by atoms with Gasteiger partial charge in [-0.05, 0) is 23.8 Å². The molecule has 0 amide bonds. The molecular formula is C20H22N4O4S. The number of Topliss-reactive ketones (excluding diaryl/α,β-unsaturated/α-hetero) is 1. The Morgan fingerprint density at radius 3 is 2.52 bits per heavy atom. The van der Waals surface area contributed by atoms with Crippen LogP contribution in [0.4, 0.5) is 0 Å². The van der Waals surface area contributed by atoms with Crippen LogP contribution in [0.2, 0.25) is 0 Å². The van der Waals surface area contributed by atoms with E-state index in [0.29, 0.717) is 61.8 Å². The van der Waals surface area contributed by atoms with Gasteiger partial charge in [0.25, 0.3) is 0 Å². The zero-order valence-corrected chi connectivity index (χ0v) is 16.9. The molecule has 2 aromatic rings. The number of allylic oxidation sites excluding steroid dienone is 1. The highest BCUT2D eigenvalue weighted by molar-refractivity contribution is 7.88. The maximum atomic E-state index is 12.7. The Hall–Kier alpha value is -2.62. The zero-order valence-electron chi connectivity index (χ0n) is 16.1. The molecule has 2 heterocycles. The summed E-state index contributed by atoms with van der Waals surface area (Å²) >= 11 is 0. The topological polar surface area (TPSA) is 92.7 Å². The van der Waals surface area contributed by atoms with Gasteiger partial charge in [-0.2, -0.15) is 4.31 Å². The number of rotatable bonds is 6. The van der Waals surface area contributed by atoms with Gasteiger partial charge in [-0.3, -0.25) is 9.69 Å². The molecule has 4 rings (SSSR count). The highest BCUT2D eigenvalue weighted by Crippen LogP contribution is 2.33. The SMILES string of the molecule is CS(=O)(=O)N1CCN(CCOc2ccc3c(c2)C(=O)C(c2cncnc2)=C3)CC1. The molecule has 1 aromatic heterocycles. The van der Waals surface area contributed by atoms with Crippen molar-refractivity contribution in [2.24, 2.45) is 0 Å². The van der Waals surface area contributed by atoms with E-state index in [9.17, 15) is 13.2 Å². The van der Waals surface area contributed by atoms with Gasteiger partial charge in [-0.15, -0.1) is 0 Å². The van der Waals surface area contributed by atoms with Crippen LogP contribution in [0.5, 0.6) is 5.75 Å². The van der Waals surface area contributed by atoms with Gasteiger partial charge in [0.05, 0.1) is 6.26 Å². The number of ether oxygens (including phenoxy) is 1. The lowest BCUT2D eigenvalue weighted by Gasteiger charge is -2.33. The van der Waals surface area contributed by atoms with Crippen molar-refractivity contribution in [2.45, 2.75) is 0 Å². The van der Waals surface area contributed by atoms with Crippen molar-refractivity contribution >= 4 is 27.5 Å². The van der Waals surface area contributed by atoms with E-state index in [4.69, 9.17) is 4.74 Å². The molecule has 1 fully saturated rings. The highest BCUT2D eigenvalue weighted by Gasteiger charge is 2.25. The first-order valence-electron chi connectivity index (χ1n) is 9.38. The number of aromatic nitrogens is 2. The summed E-state index contributed by atoms with van der Waals surface area (Å²) in [5, 5.41) is 0. The largest absolute Gasteiger partial charge is 0.492 e. The van der Waals surface area contributed by atoms with E-state index < -0.39 is 10.0 Å². The third-order valence-electron chi connectivity index (χ3n) is 5.16. The summed E-state index contributed by atoms with van der Waals surface area (Å²) in [6.45, 7) is 3.55. The van der Waals surface area contributed by atoms with E-state index >= 15 is 0 Å². The molecular weight excluding hydrogens is 392 g/mol. The van der Waals surface area contributed by atoms with Gasteiger partial charge in [0.1, 0.15) is 18.7 Å². The highest BCUT2D eigenvalue weighted by atomic mass is 32.2. The maximum Gasteiger partial charge on any atom is 0.211 e. The van der Waals surface area contributed by atoms with Crippen LogP contribution in [0.25, 0.3) is 11.6 Å². The summed E-state index contributed by atoms with van der Waals surface area (Å²) < 4.78 is 30.5. The minimum Gasteiger partial charge on any atom is -0.492 e. The van der Waals surface area contributed by atoms with E-state index in [-0.39, 0.29) is 5.78 Å². The van der Waals surface area contributed by atoms with Gasteiger partial charge in [-0.1, -0.05) is 6.07 Å². The molecule has 0 spiro atoms. The van der Waals surface area contributed by atoms with Crippen LogP contribution in [0, 0.1) is 0 Å². The summed E-state index contributed by atoms with van der Waals surface area (Å²) in [7, 11) is -3.12. The van der Waals surface area contributed by atoms with Crippen molar-refractivity contribution in [2.75, 3.05) is 45.6 Å². The van der Waals surface area contributed by atoms with E-state index in [1.54, 1.807) is 18.5 Å². The number of hydrogen-bond acceptors (Lipinski definition) is 7. The normalized spacial score (nSPS) is 17.8. The molecule has 1 aromatic carbocycles. The summed E-state index contributed by atoms with van der Waals surface area (Å²) in [4.78, 5) is 22.9. The average molecular weight is 414 g/mol. The van der Waals surface area contributed by atoms with Crippen LogP contribution < -0.4 is 4.74 Å². The second kappa shape index (κ2) is 8.02. The second-order valence-electron chi connectivity index (χ2n) is 7.12. The van der Waals surface area contributed by atoms with E-state index in [0.717, 1.165) is 5.56 Å². The van der Waals surface area contributed by atoms with Crippen LogP contribution in [-0.2, 0) is 10.0 Å². The van der Waals surface area contributed by atoms with Crippen molar-refractivity contribution in [1.29, 1.82) is 0 Å². The molecule has 0 atom stereocenters. The molecule has 1 saturated heterocycles. The van der Waals surface area contributed by atoms with E-state index in [2.05, 4.69) is 14.9 Å². The van der Waals surface area contributed by atoms with Gasteiger partial charge in [0, 0.05) is 61.8 Å². The Bertz CT molecular complexity index is 1050. The number of nitrogens with zero attached hydrogens (tertiary/aromatic N) is 4. The first kappa shape index (κ1) is 19.7. The molecule has 152 valence electrons. The number of piperazine rings is 1. The summed E-state index contributed by atoms with van der Waals surface area (Å²) in [6, 6.07) is 5.51. The molecule has 2 aliphatic rings. The van der Waals surface area contributed by atoms with Crippen LogP contribution in [0.1, 0.15) is 21.5 Å². The Morgan fingerprint density at radius 1 is 1.10 bits per heavy atom. The van der Waals surface area contributed by atoms with Crippen LogP contribution >= 0.6 is 0 Å². The van der Waals surface area contributed by atoms with Crippen LogP contribution in [-0.4, -0.2) is 79.0 Å². The quantitative estimate of drug-likeness (QED) is 0.700. The number of hydrogen-bond donors (Lipinski definition) is 0. The number of carbonyl (C=O) groups is 1. The molecule has 0 unspecified atom stereocenters. The first-order valence-corrected chi connectivity index (χ1v) is 11.2. The Kier molecular flexibility index (Phi) is 5.44. The number of benzene rings is 1. The van der Waals surface area contributed by atoms with Gasteiger partial charge in [0.15, 0.2) is 5.78 Å². The number of sulfonamides is 1. The Labute approximate surface area is 169 Å². The molecule has 0 bridgehead atoms. The van der Waals surface area contributed by atoms with Crippen molar-refractivity contribution in [1.82, 2.24) is 19.2 Å². The predicted molar refractivity (Wildman–Crippen MR) is 109 cm³/mol. The Balaban J connectivity index is 1.32. The maximum absolute atomic E-state index is 12.7. The monoisotopic (exact) mass is 414 g/mol. The molecule has 9 heteroatoms. The van der Waals surface area contributed by atoms with Crippen molar-refractivity contribution in [3.05, 3.63) is 53.6 Å². The lowest BCUT2D eigenvalue weighted by Crippen LogP contribution is -2.49. The van der Waals surface area contributed by atoms with Crippen LogP contribution in [0.15, 0.2) is 36.9 Å². The third-order valence-corrected chi connectivity index (χ3v) is 6.47. The number of ketones is 1. The fourth-order valence-electron chi connectivity index (χ4n) is 3.54. The molecule has 1 aliphatic heterocycles. The van der Waals surface area contributed by atoms with E-state index in [1.165, 1.54) is 16.9 Å². The summed E-state index contributed by atoms with van der Waals surface area (Å²) in [5.41, 5.74) is 2.76. The summed E-state index contributed by atoms with van der Waals surface area (Å²) in [5.74, 6) is 0.586. The molecule has 29 heavy (non-hydrogen) atoms. The van der Waals surface area contributed by atoms with Crippen molar-refractivity contribution in [3.8, 4) is 5.75 Å². The average Bonchev–Trinajstić information content (AvgIpc) is 3.05. The van der Waals surface area contributed by atoms with Crippen LogP contribution in [0.3, 0.4) is 0 Å². The predicted octanol–water partition coefficient (Wildman–Crippen LogP) is 1.17. The number of fused-ring (bicyclic) bond motifs is 1. The lowest BCUT2D eigenvalue weighted by atomic mass is 10.0. The fourth-order valence-corrected chi connectivity index (χ4v) is 4.37. The van der Waals surface area contributed by atoms with E-state index in [1.807, 2.05) is 18.2 Å². The molecule has 0 saturated carbocycles. The smallest absolute Gasteiger partial charge is 0.211 e. The molecule has 0 N–H and O–H groups in total. The standard InChI is InChI=1S/C20H22N4O4S/c1-29(26,27)24-6-4-23(5-7-24)8-9-28-17-3-2-15-10-18(20(25)19(15)11-17)16-12-21-14-22-13-16/h2-3,10-14H,4-9H2,1H3. The molecule has 0 radical (unpaired) electrons. The van der Waals surface area contributed by atoms with Crippen molar-refractivity contribution < 1.29 is 17.9 Å². The zero-order chi connectivity index (χ0) is 20.4. The minimum absolute atomic E-state index is 0.0582. The number of carbonyl (C=O) groups excluding carboxylic acids is 1. The van der Waals surface area contributed by atoms with Gasteiger partial charge >= 0.3 is 0 Å². The fraction of sp³-hybridized carbons (Fsp3) is 0.350. The van der Waals surface area contributed by atoms with Gasteiger partial charge in [-0.25, -0.2) is 18.4 Å². The second-order valence-corrected chi connectivity index (χ2v) is 9.10. The summed E-state index contributed by atoms with van der Waals surface area (Å²) in [6.07, 6.45) is 7.78. The molecule has 1 aliphatic carbocycles. The molecule has 8 nitrogen and oxygen atoms in total. The lowest BCUT2D eigenvalue weighted by molar-refractivity contribution is 0.105. The van der Waals surface area contributed by atoms with Gasteiger partial charge < -0.3 is 4.74 Å². The van der Waals surface area contributed by atoms with Crippen molar-refractivity contribution in [3.63, 3.8) is 0 Å². The van der Waals surface area contributed by atoms with Gasteiger partial charge in [0.2, 0.25) is 10.0 Å². The first-order chi connectivity index (χ1) is 13.9.